The van der Waals surface area contributed by atoms with Crippen molar-refractivity contribution in [2.24, 2.45) is 0 Å². The molecule has 0 spiro atoms. The van der Waals surface area contributed by atoms with E-state index in [9.17, 15) is 4.39 Å². The summed E-state index contributed by atoms with van der Waals surface area (Å²) in [6.07, 6.45) is 1.17. The number of benzene rings is 2. The van der Waals surface area contributed by atoms with Crippen LogP contribution in [0.4, 0.5) is 15.9 Å². The van der Waals surface area contributed by atoms with Crippen LogP contribution in [0.15, 0.2) is 54.7 Å². The van der Waals surface area contributed by atoms with Crippen LogP contribution in [0, 0.1) is 19.7 Å². The molecule has 2 aromatic carbocycles. The maximum absolute atomic E-state index is 13.5. The molecule has 0 unspecified atom stereocenters. The van der Waals surface area contributed by atoms with Crippen LogP contribution < -0.4 is 5.32 Å². The van der Waals surface area contributed by atoms with Crippen molar-refractivity contribution in [3.05, 3.63) is 71.7 Å². The molecule has 0 bridgehead atoms. The number of aromatic amines is 1. The van der Waals surface area contributed by atoms with Crippen molar-refractivity contribution in [3.63, 3.8) is 0 Å². The van der Waals surface area contributed by atoms with Gasteiger partial charge in [-0.3, -0.25) is 5.10 Å². The fourth-order valence-electron chi connectivity index (χ4n) is 2.96. The van der Waals surface area contributed by atoms with Crippen molar-refractivity contribution in [1.29, 1.82) is 0 Å². The molecular formula is C20H17FN4. The SMILES string of the molecule is Cc1cc(Nc2n[nH]c3ncc(F)cc23)cc(-c2ccccc2)c1C. The second-order valence-electron chi connectivity index (χ2n) is 6.08. The van der Waals surface area contributed by atoms with Crippen LogP contribution in [0.1, 0.15) is 11.1 Å². The summed E-state index contributed by atoms with van der Waals surface area (Å²) in [7, 11) is 0. The lowest BCUT2D eigenvalue weighted by Crippen LogP contribution is -1.95. The van der Waals surface area contributed by atoms with Crippen LogP contribution in [0.2, 0.25) is 0 Å². The van der Waals surface area contributed by atoms with Crippen LogP contribution in [-0.2, 0) is 0 Å². The number of rotatable bonds is 3. The molecule has 4 nitrogen and oxygen atoms in total. The van der Waals surface area contributed by atoms with E-state index in [2.05, 4.69) is 58.6 Å². The molecule has 5 heteroatoms. The van der Waals surface area contributed by atoms with E-state index in [1.165, 1.54) is 23.4 Å². The van der Waals surface area contributed by atoms with E-state index >= 15 is 0 Å². The summed E-state index contributed by atoms with van der Waals surface area (Å²) >= 11 is 0. The van der Waals surface area contributed by atoms with Gasteiger partial charge >= 0.3 is 0 Å². The smallest absolute Gasteiger partial charge is 0.161 e. The number of nitrogens with zero attached hydrogens (tertiary/aromatic N) is 2. The first-order valence-corrected chi connectivity index (χ1v) is 8.05. The largest absolute Gasteiger partial charge is 0.338 e. The van der Waals surface area contributed by atoms with Gasteiger partial charge in [0.1, 0.15) is 5.82 Å². The predicted octanol–water partition coefficient (Wildman–Crippen LogP) is 5.12. The second-order valence-corrected chi connectivity index (χ2v) is 6.08. The number of pyridine rings is 1. The Labute approximate surface area is 144 Å². The van der Waals surface area contributed by atoms with Gasteiger partial charge in [0.15, 0.2) is 11.5 Å². The molecule has 4 rings (SSSR count). The summed E-state index contributed by atoms with van der Waals surface area (Å²) in [4.78, 5) is 4.01. The Bertz CT molecular complexity index is 1050. The number of nitrogens with one attached hydrogen (secondary N) is 2. The number of hydrogen-bond acceptors (Lipinski definition) is 3. The van der Waals surface area contributed by atoms with Crippen molar-refractivity contribution >= 4 is 22.5 Å². The van der Waals surface area contributed by atoms with Gasteiger partial charge in [0.2, 0.25) is 0 Å². The van der Waals surface area contributed by atoms with E-state index in [0.29, 0.717) is 16.9 Å². The van der Waals surface area contributed by atoms with E-state index in [1.54, 1.807) is 0 Å². The Balaban J connectivity index is 1.78. The second kappa shape index (κ2) is 6.02. The topological polar surface area (TPSA) is 53.6 Å². The average Bonchev–Trinajstić information content (AvgIpc) is 3.01. The molecule has 124 valence electrons. The summed E-state index contributed by atoms with van der Waals surface area (Å²) in [5.41, 5.74) is 6.18. The number of halogens is 1. The molecule has 0 atom stereocenters. The Morgan fingerprint density at radius 3 is 2.64 bits per heavy atom. The first-order chi connectivity index (χ1) is 12.1. The minimum absolute atomic E-state index is 0.387. The van der Waals surface area contributed by atoms with Crippen molar-refractivity contribution in [1.82, 2.24) is 15.2 Å². The van der Waals surface area contributed by atoms with Gasteiger partial charge in [0, 0.05) is 5.69 Å². The molecule has 0 aliphatic heterocycles. The standard InChI is InChI=1S/C20H17FN4/c1-12-8-16(10-17(13(12)2)14-6-4-3-5-7-14)23-20-18-9-15(21)11-22-19(18)24-25-20/h3-11H,1-2H3,(H2,22,23,24,25). The minimum atomic E-state index is -0.387. The molecule has 0 fully saturated rings. The first kappa shape index (κ1) is 15.3. The molecule has 0 aliphatic carbocycles. The van der Waals surface area contributed by atoms with Gasteiger partial charge in [-0.25, -0.2) is 9.37 Å². The van der Waals surface area contributed by atoms with Crippen LogP contribution in [0.5, 0.6) is 0 Å². The molecule has 2 heterocycles. The van der Waals surface area contributed by atoms with E-state index in [1.807, 2.05) is 18.2 Å². The van der Waals surface area contributed by atoms with E-state index in [0.717, 1.165) is 16.8 Å². The fraction of sp³-hybridized carbons (Fsp3) is 0.100. The van der Waals surface area contributed by atoms with Crippen molar-refractivity contribution in [2.45, 2.75) is 13.8 Å². The van der Waals surface area contributed by atoms with Crippen LogP contribution in [-0.4, -0.2) is 15.2 Å². The quantitative estimate of drug-likeness (QED) is 0.547. The molecule has 0 saturated carbocycles. The molecule has 0 radical (unpaired) electrons. The van der Waals surface area contributed by atoms with Gasteiger partial charge in [-0.15, -0.1) is 0 Å². The van der Waals surface area contributed by atoms with E-state index < -0.39 is 0 Å². The summed E-state index contributed by atoms with van der Waals surface area (Å²) in [5.74, 6) is 0.172. The Morgan fingerprint density at radius 1 is 1.04 bits per heavy atom. The fourth-order valence-corrected chi connectivity index (χ4v) is 2.96. The zero-order valence-electron chi connectivity index (χ0n) is 14.0. The highest BCUT2D eigenvalue weighted by Crippen LogP contribution is 2.31. The van der Waals surface area contributed by atoms with E-state index in [-0.39, 0.29) is 5.82 Å². The summed E-state index contributed by atoms with van der Waals surface area (Å²) < 4.78 is 13.5. The summed E-state index contributed by atoms with van der Waals surface area (Å²) in [5, 5.41) is 10.9. The van der Waals surface area contributed by atoms with Crippen molar-refractivity contribution < 1.29 is 4.39 Å². The summed E-state index contributed by atoms with van der Waals surface area (Å²) in [6, 6.07) is 15.8. The van der Waals surface area contributed by atoms with Gasteiger partial charge in [-0.2, -0.15) is 5.10 Å². The van der Waals surface area contributed by atoms with Gasteiger partial charge in [-0.05, 0) is 54.3 Å². The predicted molar refractivity (Wildman–Crippen MR) is 98.5 cm³/mol. The number of fused-ring (bicyclic) bond motifs is 1. The maximum atomic E-state index is 13.5. The molecule has 4 aromatic rings. The van der Waals surface area contributed by atoms with Gasteiger partial charge < -0.3 is 5.32 Å². The summed E-state index contributed by atoms with van der Waals surface area (Å²) in [6.45, 7) is 4.20. The zero-order chi connectivity index (χ0) is 17.4. The van der Waals surface area contributed by atoms with Gasteiger partial charge in [0.05, 0.1) is 11.6 Å². The van der Waals surface area contributed by atoms with Crippen molar-refractivity contribution in [2.75, 3.05) is 5.32 Å². The maximum Gasteiger partial charge on any atom is 0.161 e. The monoisotopic (exact) mass is 332 g/mol. The van der Waals surface area contributed by atoms with Crippen molar-refractivity contribution in [3.8, 4) is 11.1 Å². The van der Waals surface area contributed by atoms with Crippen LogP contribution >= 0.6 is 0 Å². The third-order valence-corrected chi connectivity index (χ3v) is 4.40. The lowest BCUT2D eigenvalue weighted by Gasteiger charge is -2.13. The Kier molecular flexibility index (Phi) is 3.69. The van der Waals surface area contributed by atoms with Crippen LogP contribution in [0.3, 0.4) is 0 Å². The normalized spacial score (nSPS) is 11.0. The number of aryl methyl sites for hydroxylation is 1. The molecule has 0 saturated heterocycles. The highest BCUT2D eigenvalue weighted by molar-refractivity contribution is 5.89. The Morgan fingerprint density at radius 2 is 1.84 bits per heavy atom. The van der Waals surface area contributed by atoms with Crippen LogP contribution in [0.25, 0.3) is 22.2 Å². The molecule has 0 aliphatic rings. The van der Waals surface area contributed by atoms with E-state index in [4.69, 9.17) is 0 Å². The first-order valence-electron chi connectivity index (χ1n) is 8.05. The van der Waals surface area contributed by atoms with Gasteiger partial charge in [0.25, 0.3) is 0 Å². The number of aromatic nitrogens is 3. The third kappa shape index (κ3) is 2.85. The molecule has 0 amide bonds. The number of H-pyrrole nitrogens is 1. The Hall–Kier alpha value is -3.21. The lowest BCUT2D eigenvalue weighted by molar-refractivity contribution is 0.624. The molecule has 25 heavy (non-hydrogen) atoms. The minimum Gasteiger partial charge on any atom is -0.338 e. The highest BCUT2D eigenvalue weighted by atomic mass is 19.1. The molecular weight excluding hydrogens is 315 g/mol. The molecule has 2 N–H and O–H groups in total. The lowest BCUT2D eigenvalue weighted by atomic mass is 9.96. The molecule has 2 aromatic heterocycles. The highest BCUT2D eigenvalue weighted by Gasteiger charge is 2.11. The zero-order valence-corrected chi connectivity index (χ0v) is 14.0. The van der Waals surface area contributed by atoms with Gasteiger partial charge in [-0.1, -0.05) is 30.3 Å². The number of anilines is 2. The third-order valence-electron chi connectivity index (χ3n) is 4.40. The number of hydrogen-bond donors (Lipinski definition) is 2. The average molecular weight is 332 g/mol.